The second kappa shape index (κ2) is 7.28. The first-order valence-corrected chi connectivity index (χ1v) is 8.44. The average Bonchev–Trinajstić information content (AvgIpc) is 2.39. The van der Waals surface area contributed by atoms with E-state index in [1.54, 1.807) is 13.0 Å². The standard InChI is InChI=1S/C15H21ClN2O2S/c1-6-7-18(5)21(19,20)15-9-14(16)8-13(12(15)4)10-17-11(2)3/h1,8-9,11,17H,7,10H2,2-5H3. The van der Waals surface area contributed by atoms with Crippen LogP contribution in [0.25, 0.3) is 0 Å². The lowest BCUT2D eigenvalue weighted by molar-refractivity contribution is 0.502. The van der Waals surface area contributed by atoms with Gasteiger partial charge in [0.05, 0.1) is 11.4 Å². The quantitative estimate of drug-likeness (QED) is 0.816. The maximum absolute atomic E-state index is 12.5. The van der Waals surface area contributed by atoms with Crippen LogP contribution in [0.3, 0.4) is 0 Å². The second-order valence-corrected chi connectivity index (χ2v) is 7.64. The van der Waals surface area contributed by atoms with Gasteiger partial charge in [0.15, 0.2) is 0 Å². The summed E-state index contributed by atoms with van der Waals surface area (Å²) in [6.45, 7) is 6.42. The van der Waals surface area contributed by atoms with Gasteiger partial charge in [0.1, 0.15) is 0 Å². The Balaban J connectivity index is 3.28. The summed E-state index contributed by atoms with van der Waals surface area (Å²) in [5.41, 5.74) is 1.56. The first-order chi connectivity index (χ1) is 9.70. The van der Waals surface area contributed by atoms with Gasteiger partial charge in [0.25, 0.3) is 0 Å². The number of nitrogens with zero attached hydrogens (tertiary/aromatic N) is 1. The van der Waals surface area contributed by atoms with E-state index in [2.05, 4.69) is 11.2 Å². The monoisotopic (exact) mass is 328 g/mol. The van der Waals surface area contributed by atoms with E-state index in [0.29, 0.717) is 23.2 Å². The number of sulfonamides is 1. The molecular weight excluding hydrogens is 308 g/mol. The van der Waals surface area contributed by atoms with Crippen LogP contribution >= 0.6 is 11.6 Å². The third-order valence-corrected chi connectivity index (χ3v) is 5.28. The summed E-state index contributed by atoms with van der Waals surface area (Å²) in [4.78, 5) is 0.202. The van der Waals surface area contributed by atoms with Crippen molar-refractivity contribution in [2.75, 3.05) is 13.6 Å². The van der Waals surface area contributed by atoms with Crippen molar-refractivity contribution in [2.45, 2.75) is 38.3 Å². The zero-order valence-corrected chi connectivity index (χ0v) is 14.3. The summed E-state index contributed by atoms with van der Waals surface area (Å²) in [7, 11) is -2.18. The largest absolute Gasteiger partial charge is 0.310 e. The molecule has 0 aliphatic heterocycles. The zero-order chi connectivity index (χ0) is 16.2. The van der Waals surface area contributed by atoms with E-state index in [9.17, 15) is 8.42 Å². The first kappa shape index (κ1) is 18.0. The van der Waals surface area contributed by atoms with Gasteiger partial charge in [-0.2, -0.15) is 4.31 Å². The van der Waals surface area contributed by atoms with Gasteiger partial charge < -0.3 is 5.32 Å². The van der Waals surface area contributed by atoms with Crippen LogP contribution in [0.5, 0.6) is 0 Å². The van der Waals surface area contributed by atoms with Crippen molar-refractivity contribution < 1.29 is 8.42 Å². The van der Waals surface area contributed by atoms with Crippen molar-refractivity contribution >= 4 is 21.6 Å². The lowest BCUT2D eigenvalue weighted by Gasteiger charge is -2.19. The number of rotatable bonds is 6. The molecule has 0 atom stereocenters. The minimum atomic E-state index is -3.64. The highest BCUT2D eigenvalue weighted by Gasteiger charge is 2.24. The molecule has 0 aromatic heterocycles. The molecule has 0 bridgehead atoms. The lowest BCUT2D eigenvalue weighted by Crippen LogP contribution is -2.28. The molecule has 0 fully saturated rings. The molecule has 116 valence electrons. The Bertz CT molecular complexity index is 648. The van der Waals surface area contributed by atoms with Crippen LogP contribution in [0.2, 0.25) is 5.02 Å². The second-order valence-electron chi connectivity index (χ2n) is 5.19. The molecule has 0 spiro atoms. The van der Waals surface area contributed by atoms with Crippen LogP contribution in [0, 0.1) is 19.3 Å². The Morgan fingerprint density at radius 3 is 2.57 bits per heavy atom. The third kappa shape index (κ3) is 4.45. The van der Waals surface area contributed by atoms with Gasteiger partial charge in [-0.15, -0.1) is 6.42 Å². The van der Waals surface area contributed by atoms with E-state index >= 15 is 0 Å². The molecule has 6 heteroatoms. The zero-order valence-electron chi connectivity index (χ0n) is 12.8. The van der Waals surface area contributed by atoms with Crippen LogP contribution in [0.1, 0.15) is 25.0 Å². The fourth-order valence-electron chi connectivity index (χ4n) is 1.86. The summed E-state index contributed by atoms with van der Waals surface area (Å²) >= 11 is 6.07. The number of nitrogens with one attached hydrogen (secondary N) is 1. The van der Waals surface area contributed by atoms with Crippen molar-refractivity contribution in [1.29, 1.82) is 0 Å². The van der Waals surface area contributed by atoms with Gasteiger partial charge in [0, 0.05) is 24.7 Å². The van der Waals surface area contributed by atoms with E-state index in [-0.39, 0.29) is 11.4 Å². The SMILES string of the molecule is C#CCN(C)S(=O)(=O)c1cc(Cl)cc(CNC(C)C)c1C. The van der Waals surface area contributed by atoms with Crippen LogP contribution in [-0.4, -0.2) is 32.4 Å². The Kier molecular flexibility index (Phi) is 6.24. The van der Waals surface area contributed by atoms with E-state index in [4.69, 9.17) is 18.0 Å². The van der Waals surface area contributed by atoms with Gasteiger partial charge in [0.2, 0.25) is 10.0 Å². The summed E-state index contributed by atoms with van der Waals surface area (Å²) in [6.07, 6.45) is 5.19. The molecule has 0 radical (unpaired) electrons. The molecule has 1 aromatic rings. The normalized spacial score (nSPS) is 11.9. The summed E-state index contributed by atoms with van der Waals surface area (Å²) in [5, 5.41) is 3.66. The summed E-state index contributed by atoms with van der Waals surface area (Å²) < 4.78 is 26.2. The van der Waals surface area contributed by atoms with Crippen molar-refractivity contribution in [3.63, 3.8) is 0 Å². The smallest absolute Gasteiger partial charge is 0.244 e. The number of hydrogen-bond donors (Lipinski definition) is 1. The molecule has 0 saturated heterocycles. The van der Waals surface area contributed by atoms with Crippen LogP contribution in [0.4, 0.5) is 0 Å². The third-order valence-electron chi connectivity index (χ3n) is 3.14. The van der Waals surface area contributed by atoms with Gasteiger partial charge in [-0.25, -0.2) is 8.42 Å². The van der Waals surface area contributed by atoms with Crippen molar-refractivity contribution in [3.05, 3.63) is 28.3 Å². The fraction of sp³-hybridized carbons (Fsp3) is 0.467. The molecule has 0 amide bonds. The molecule has 1 rings (SSSR count). The highest BCUT2D eigenvalue weighted by atomic mass is 35.5. The highest BCUT2D eigenvalue weighted by Crippen LogP contribution is 2.26. The van der Waals surface area contributed by atoms with Crippen LogP contribution in [0.15, 0.2) is 17.0 Å². The van der Waals surface area contributed by atoms with Crippen molar-refractivity contribution in [2.24, 2.45) is 0 Å². The Morgan fingerprint density at radius 1 is 1.43 bits per heavy atom. The van der Waals surface area contributed by atoms with Gasteiger partial charge in [-0.3, -0.25) is 0 Å². The molecule has 0 aliphatic carbocycles. The lowest BCUT2D eigenvalue weighted by atomic mass is 10.1. The Hall–Kier alpha value is -1.06. The minimum Gasteiger partial charge on any atom is -0.310 e. The van der Waals surface area contributed by atoms with Crippen LogP contribution in [-0.2, 0) is 16.6 Å². The van der Waals surface area contributed by atoms with Crippen LogP contribution < -0.4 is 5.32 Å². The molecule has 1 N–H and O–H groups in total. The molecular formula is C15H21ClN2O2S. The molecule has 0 heterocycles. The number of terminal acetylenes is 1. The predicted octanol–water partition coefficient (Wildman–Crippen LogP) is 2.40. The van der Waals surface area contributed by atoms with E-state index in [1.165, 1.54) is 13.1 Å². The number of benzene rings is 1. The molecule has 4 nitrogen and oxygen atoms in total. The average molecular weight is 329 g/mol. The maximum atomic E-state index is 12.5. The van der Waals surface area contributed by atoms with Gasteiger partial charge in [-0.1, -0.05) is 31.4 Å². The van der Waals surface area contributed by atoms with Gasteiger partial charge in [-0.05, 0) is 30.2 Å². The van der Waals surface area contributed by atoms with E-state index < -0.39 is 10.0 Å². The molecule has 1 aromatic carbocycles. The summed E-state index contributed by atoms with van der Waals surface area (Å²) in [5.74, 6) is 2.33. The Labute approximate surface area is 132 Å². The molecule has 0 aliphatic rings. The fourth-order valence-corrected chi connectivity index (χ4v) is 3.53. The minimum absolute atomic E-state index is 0.0217. The predicted molar refractivity (Wildman–Crippen MR) is 86.8 cm³/mol. The number of halogens is 1. The molecule has 0 unspecified atom stereocenters. The maximum Gasteiger partial charge on any atom is 0.244 e. The number of hydrogen-bond acceptors (Lipinski definition) is 3. The summed E-state index contributed by atoms with van der Waals surface area (Å²) in [6, 6.07) is 3.55. The molecule has 0 saturated carbocycles. The van der Waals surface area contributed by atoms with Crippen molar-refractivity contribution in [3.8, 4) is 12.3 Å². The van der Waals surface area contributed by atoms with E-state index in [1.807, 2.05) is 13.8 Å². The topological polar surface area (TPSA) is 49.4 Å². The molecule has 21 heavy (non-hydrogen) atoms. The first-order valence-electron chi connectivity index (χ1n) is 6.62. The van der Waals surface area contributed by atoms with Gasteiger partial charge >= 0.3 is 0 Å². The van der Waals surface area contributed by atoms with E-state index in [0.717, 1.165) is 9.87 Å². The highest BCUT2D eigenvalue weighted by molar-refractivity contribution is 7.89. The van der Waals surface area contributed by atoms with Crippen molar-refractivity contribution in [1.82, 2.24) is 9.62 Å². The Morgan fingerprint density at radius 2 is 2.05 bits per heavy atom.